The van der Waals surface area contributed by atoms with Crippen LogP contribution in [0.4, 0.5) is 0 Å². The zero-order chi connectivity index (χ0) is 13.9. The summed E-state index contributed by atoms with van der Waals surface area (Å²) in [7, 11) is 0. The summed E-state index contributed by atoms with van der Waals surface area (Å²) in [6, 6.07) is 4.42. The van der Waals surface area contributed by atoms with Crippen molar-refractivity contribution in [2.24, 2.45) is 23.0 Å². The Bertz CT molecular complexity index is 394. The van der Waals surface area contributed by atoms with Gasteiger partial charge in [-0.1, -0.05) is 26.8 Å². The number of aromatic nitrogens is 1. The van der Waals surface area contributed by atoms with Crippen molar-refractivity contribution in [1.82, 2.24) is 4.98 Å². The molecule has 1 aliphatic carbocycles. The fourth-order valence-electron chi connectivity index (χ4n) is 3.39. The first-order valence-electron chi connectivity index (χ1n) is 7.68. The van der Waals surface area contributed by atoms with Crippen LogP contribution in [0.25, 0.3) is 0 Å². The van der Waals surface area contributed by atoms with Crippen LogP contribution in [0, 0.1) is 17.3 Å². The molecule has 19 heavy (non-hydrogen) atoms. The van der Waals surface area contributed by atoms with E-state index in [9.17, 15) is 0 Å². The van der Waals surface area contributed by atoms with Gasteiger partial charge < -0.3 is 5.73 Å². The van der Waals surface area contributed by atoms with Gasteiger partial charge in [-0.2, -0.15) is 0 Å². The van der Waals surface area contributed by atoms with Crippen molar-refractivity contribution in [2.75, 3.05) is 6.54 Å². The average Bonchev–Trinajstić information content (AvgIpc) is 2.39. The van der Waals surface area contributed by atoms with Crippen LogP contribution >= 0.6 is 0 Å². The molecule has 0 saturated heterocycles. The van der Waals surface area contributed by atoms with Crippen LogP contribution in [-0.4, -0.2) is 11.5 Å². The molecule has 0 bridgehead atoms. The van der Waals surface area contributed by atoms with Gasteiger partial charge in [-0.05, 0) is 67.5 Å². The molecule has 0 aliphatic heterocycles. The van der Waals surface area contributed by atoms with E-state index in [1.165, 1.54) is 30.5 Å². The first-order chi connectivity index (χ1) is 9.04. The summed E-state index contributed by atoms with van der Waals surface area (Å²) in [5.41, 5.74) is 8.99. The number of aryl methyl sites for hydroxylation is 1. The second-order valence-electron chi connectivity index (χ2n) is 6.88. The van der Waals surface area contributed by atoms with Crippen LogP contribution in [0.15, 0.2) is 18.3 Å². The normalized spacial score (nSPS) is 26.3. The average molecular weight is 260 g/mol. The van der Waals surface area contributed by atoms with E-state index >= 15 is 0 Å². The van der Waals surface area contributed by atoms with Crippen LogP contribution in [-0.2, 0) is 12.8 Å². The Morgan fingerprint density at radius 1 is 1.32 bits per heavy atom. The molecule has 2 N–H and O–H groups in total. The number of nitrogens with zero attached hydrogens (tertiary/aromatic N) is 1. The van der Waals surface area contributed by atoms with E-state index in [-0.39, 0.29) is 0 Å². The molecule has 0 aromatic carbocycles. The largest absolute Gasteiger partial charge is 0.330 e. The number of pyridine rings is 1. The molecule has 0 radical (unpaired) electrons. The fourth-order valence-corrected chi connectivity index (χ4v) is 3.39. The molecule has 2 nitrogen and oxygen atoms in total. The van der Waals surface area contributed by atoms with Crippen molar-refractivity contribution in [1.29, 1.82) is 0 Å². The monoisotopic (exact) mass is 260 g/mol. The molecule has 2 heteroatoms. The van der Waals surface area contributed by atoms with Gasteiger partial charge >= 0.3 is 0 Å². The summed E-state index contributed by atoms with van der Waals surface area (Å²) in [6.07, 6.45) is 8.06. The van der Waals surface area contributed by atoms with Gasteiger partial charge in [0.05, 0.1) is 0 Å². The molecule has 106 valence electrons. The Hall–Kier alpha value is -0.890. The molecule has 1 fully saturated rings. The van der Waals surface area contributed by atoms with E-state index in [0.29, 0.717) is 17.3 Å². The minimum absolute atomic E-state index is 0.472. The lowest BCUT2D eigenvalue weighted by Gasteiger charge is -2.40. The maximum absolute atomic E-state index is 5.96. The van der Waals surface area contributed by atoms with Crippen LogP contribution in [0.1, 0.15) is 51.3 Å². The minimum Gasteiger partial charge on any atom is -0.330 e. The second kappa shape index (κ2) is 6.04. The van der Waals surface area contributed by atoms with E-state index in [0.717, 1.165) is 19.4 Å². The highest BCUT2D eigenvalue weighted by Gasteiger charge is 2.34. The van der Waals surface area contributed by atoms with Crippen molar-refractivity contribution in [2.45, 2.75) is 52.9 Å². The highest BCUT2D eigenvalue weighted by Crippen LogP contribution is 2.42. The van der Waals surface area contributed by atoms with Crippen LogP contribution < -0.4 is 5.73 Å². The van der Waals surface area contributed by atoms with Crippen LogP contribution in [0.5, 0.6) is 0 Å². The Kier molecular flexibility index (Phi) is 4.62. The summed E-state index contributed by atoms with van der Waals surface area (Å²) in [4.78, 5) is 4.62. The summed E-state index contributed by atoms with van der Waals surface area (Å²) in [5, 5.41) is 0. The lowest BCUT2D eigenvalue weighted by atomic mass is 9.66. The van der Waals surface area contributed by atoms with Gasteiger partial charge in [0.15, 0.2) is 0 Å². The van der Waals surface area contributed by atoms with Gasteiger partial charge in [0.25, 0.3) is 0 Å². The molecule has 1 aromatic heterocycles. The lowest BCUT2D eigenvalue weighted by Crippen LogP contribution is -2.35. The van der Waals surface area contributed by atoms with Crippen molar-refractivity contribution in [3.63, 3.8) is 0 Å². The summed E-state index contributed by atoms with van der Waals surface area (Å²) < 4.78 is 0. The number of rotatable bonds is 4. The van der Waals surface area contributed by atoms with Crippen LogP contribution in [0.2, 0.25) is 0 Å². The molecule has 0 amide bonds. The molecular formula is C17H28N2. The van der Waals surface area contributed by atoms with Crippen molar-refractivity contribution < 1.29 is 0 Å². The third-order valence-corrected chi connectivity index (χ3v) is 4.74. The molecule has 1 saturated carbocycles. The number of hydrogen-bond acceptors (Lipinski definition) is 2. The van der Waals surface area contributed by atoms with Crippen molar-refractivity contribution in [3.8, 4) is 0 Å². The highest BCUT2D eigenvalue weighted by atomic mass is 14.7. The Morgan fingerprint density at radius 2 is 2.11 bits per heavy atom. The van der Waals surface area contributed by atoms with E-state index in [2.05, 4.69) is 37.9 Å². The third kappa shape index (κ3) is 3.79. The molecule has 0 spiro atoms. The third-order valence-electron chi connectivity index (χ3n) is 4.74. The minimum atomic E-state index is 0.472. The van der Waals surface area contributed by atoms with Gasteiger partial charge in [-0.15, -0.1) is 0 Å². The molecule has 2 atom stereocenters. The van der Waals surface area contributed by atoms with E-state index in [1.54, 1.807) is 0 Å². The van der Waals surface area contributed by atoms with Crippen molar-refractivity contribution in [3.05, 3.63) is 29.6 Å². The molecule has 2 rings (SSSR count). The standard InChI is InChI=1S/C17H28N2/c1-4-13-5-6-16(19-12-13)9-15-10-17(2,3)8-7-14(15)11-18/h5-6,12,14-15H,4,7-11,18H2,1-3H3. The zero-order valence-corrected chi connectivity index (χ0v) is 12.7. The van der Waals surface area contributed by atoms with Gasteiger partial charge in [-0.25, -0.2) is 0 Å². The first kappa shape index (κ1) is 14.5. The number of nitrogens with two attached hydrogens (primary N) is 1. The molecule has 1 aromatic rings. The van der Waals surface area contributed by atoms with Crippen molar-refractivity contribution >= 4 is 0 Å². The van der Waals surface area contributed by atoms with Gasteiger partial charge in [0, 0.05) is 11.9 Å². The Balaban J connectivity index is 2.05. The van der Waals surface area contributed by atoms with Gasteiger partial charge in [-0.3, -0.25) is 4.98 Å². The zero-order valence-electron chi connectivity index (χ0n) is 12.7. The number of hydrogen-bond donors (Lipinski definition) is 1. The predicted molar refractivity (Wildman–Crippen MR) is 81.0 cm³/mol. The van der Waals surface area contributed by atoms with Crippen LogP contribution in [0.3, 0.4) is 0 Å². The first-order valence-corrected chi connectivity index (χ1v) is 7.68. The fraction of sp³-hybridized carbons (Fsp3) is 0.706. The maximum atomic E-state index is 5.96. The summed E-state index contributed by atoms with van der Waals surface area (Å²) in [6.45, 7) is 7.78. The summed E-state index contributed by atoms with van der Waals surface area (Å²) >= 11 is 0. The van der Waals surface area contributed by atoms with E-state index in [1.807, 2.05) is 6.20 Å². The van der Waals surface area contributed by atoms with Gasteiger partial charge in [0.2, 0.25) is 0 Å². The molecule has 1 heterocycles. The topological polar surface area (TPSA) is 38.9 Å². The SMILES string of the molecule is CCc1ccc(CC2CC(C)(C)CCC2CN)nc1. The molecule has 1 aliphatic rings. The van der Waals surface area contributed by atoms with E-state index in [4.69, 9.17) is 5.73 Å². The smallest absolute Gasteiger partial charge is 0.0406 e. The van der Waals surface area contributed by atoms with E-state index < -0.39 is 0 Å². The second-order valence-corrected chi connectivity index (χ2v) is 6.88. The Morgan fingerprint density at radius 3 is 2.68 bits per heavy atom. The molecule has 2 unspecified atom stereocenters. The maximum Gasteiger partial charge on any atom is 0.0406 e. The molecular weight excluding hydrogens is 232 g/mol. The quantitative estimate of drug-likeness (QED) is 0.898. The Labute approximate surface area is 117 Å². The summed E-state index contributed by atoms with van der Waals surface area (Å²) in [5.74, 6) is 1.38. The predicted octanol–water partition coefficient (Wildman–Crippen LogP) is 3.59. The van der Waals surface area contributed by atoms with Gasteiger partial charge in [0.1, 0.15) is 0 Å². The highest BCUT2D eigenvalue weighted by molar-refractivity contribution is 5.14. The lowest BCUT2D eigenvalue weighted by molar-refractivity contribution is 0.121.